The van der Waals surface area contributed by atoms with Gasteiger partial charge >= 0.3 is 0 Å². The molecule has 120 valence electrons. The molecule has 6 nitrogen and oxygen atoms in total. The van der Waals surface area contributed by atoms with Crippen LogP contribution in [0.1, 0.15) is 42.5 Å². The molecule has 0 unspecified atom stereocenters. The minimum atomic E-state index is -0.539. The van der Waals surface area contributed by atoms with Crippen LogP contribution in [0.3, 0.4) is 0 Å². The van der Waals surface area contributed by atoms with Crippen molar-refractivity contribution in [3.05, 3.63) is 27.8 Å². The molecule has 0 spiro atoms. The molecule has 1 amide bonds. The van der Waals surface area contributed by atoms with Crippen molar-refractivity contribution in [2.45, 2.75) is 43.0 Å². The zero-order valence-electron chi connectivity index (χ0n) is 12.8. The van der Waals surface area contributed by atoms with Crippen molar-refractivity contribution >= 4 is 23.4 Å². The molecule has 7 heteroatoms. The number of amides is 1. The Hall–Kier alpha value is -1.76. The highest BCUT2D eigenvalue weighted by Gasteiger charge is 2.25. The molecular formula is C15H20N2O4S. The summed E-state index contributed by atoms with van der Waals surface area (Å²) in [4.78, 5) is 23.9. The highest BCUT2D eigenvalue weighted by atomic mass is 32.2. The Morgan fingerprint density at radius 1 is 1.36 bits per heavy atom. The Kier molecular flexibility index (Phi) is 5.65. The number of ether oxygens (including phenoxy) is 1. The van der Waals surface area contributed by atoms with Gasteiger partial charge in [-0.15, -0.1) is 11.8 Å². The van der Waals surface area contributed by atoms with Gasteiger partial charge in [-0.1, -0.05) is 19.3 Å². The first kappa shape index (κ1) is 16.6. The maximum Gasteiger partial charge on any atom is 0.285 e. The number of nitro benzene ring substituents is 1. The first-order valence-corrected chi connectivity index (χ1v) is 8.50. The van der Waals surface area contributed by atoms with E-state index >= 15 is 0 Å². The van der Waals surface area contributed by atoms with Gasteiger partial charge in [0.2, 0.25) is 0 Å². The van der Waals surface area contributed by atoms with E-state index in [4.69, 9.17) is 4.74 Å². The van der Waals surface area contributed by atoms with Crippen molar-refractivity contribution in [3.8, 4) is 5.75 Å². The lowest BCUT2D eigenvalue weighted by Gasteiger charge is -2.22. The van der Waals surface area contributed by atoms with E-state index in [0.717, 1.165) is 25.7 Å². The lowest BCUT2D eigenvalue weighted by Crippen LogP contribution is -2.36. The van der Waals surface area contributed by atoms with Crippen LogP contribution in [0.2, 0.25) is 0 Å². The molecule has 2 rings (SSSR count). The predicted octanol–water partition coefficient (Wildman–Crippen LogP) is 3.39. The van der Waals surface area contributed by atoms with Crippen molar-refractivity contribution in [2.75, 3.05) is 13.4 Å². The molecule has 0 heterocycles. The van der Waals surface area contributed by atoms with Gasteiger partial charge in [-0.2, -0.15) is 0 Å². The quantitative estimate of drug-likeness (QED) is 0.510. The second-order valence-electron chi connectivity index (χ2n) is 5.29. The molecule has 1 aliphatic rings. The Labute approximate surface area is 133 Å². The molecular weight excluding hydrogens is 304 g/mol. The monoisotopic (exact) mass is 324 g/mol. The number of thioether (sulfide) groups is 1. The maximum atomic E-state index is 12.4. The molecule has 22 heavy (non-hydrogen) atoms. The molecule has 0 radical (unpaired) electrons. The zero-order valence-corrected chi connectivity index (χ0v) is 13.6. The second-order valence-corrected chi connectivity index (χ2v) is 6.14. The van der Waals surface area contributed by atoms with Gasteiger partial charge in [-0.3, -0.25) is 14.9 Å². The molecule has 0 aliphatic heterocycles. The Morgan fingerprint density at radius 3 is 2.59 bits per heavy atom. The van der Waals surface area contributed by atoms with Gasteiger partial charge in [0.05, 0.1) is 23.0 Å². The summed E-state index contributed by atoms with van der Waals surface area (Å²) in [5.74, 6) is 0.0324. The summed E-state index contributed by atoms with van der Waals surface area (Å²) in [5.41, 5.74) is -0.122. The normalized spacial score (nSPS) is 15.4. The summed E-state index contributed by atoms with van der Waals surface area (Å²) in [6.07, 6.45) is 7.08. The smallest absolute Gasteiger partial charge is 0.285 e. The minimum absolute atomic E-state index is 0.0979. The van der Waals surface area contributed by atoms with Gasteiger partial charge in [-0.05, 0) is 25.2 Å². The fourth-order valence-corrected chi connectivity index (χ4v) is 3.29. The molecule has 1 saturated carbocycles. The van der Waals surface area contributed by atoms with Crippen LogP contribution >= 0.6 is 11.8 Å². The summed E-state index contributed by atoms with van der Waals surface area (Å²) < 4.78 is 5.15. The van der Waals surface area contributed by atoms with Crippen LogP contribution in [0.4, 0.5) is 5.69 Å². The van der Waals surface area contributed by atoms with E-state index in [1.165, 1.54) is 31.4 Å². The van der Waals surface area contributed by atoms with Gasteiger partial charge in [0.15, 0.2) is 0 Å². The van der Waals surface area contributed by atoms with E-state index in [1.807, 2.05) is 6.26 Å². The number of rotatable bonds is 5. The van der Waals surface area contributed by atoms with Gasteiger partial charge in [0.25, 0.3) is 11.6 Å². The zero-order chi connectivity index (χ0) is 16.1. The number of methoxy groups -OCH3 is 1. The van der Waals surface area contributed by atoms with E-state index in [0.29, 0.717) is 10.6 Å². The Balaban J connectivity index is 2.30. The summed E-state index contributed by atoms with van der Waals surface area (Å²) in [6.45, 7) is 0. The summed E-state index contributed by atoms with van der Waals surface area (Å²) in [7, 11) is 1.46. The molecule has 0 atom stereocenters. The number of nitrogens with zero attached hydrogens (tertiary/aromatic N) is 1. The van der Waals surface area contributed by atoms with Crippen LogP contribution in [0.15, 0.2) is 17.0 Å². The number of carbonyl (C=O) groups is 1. The van der Waals surface area contributed by atoms with E-state index in [1.54, 1.807) is 6.07 Å². The van der Waals surface area contributed by atoms with Crippen molar-refractivity contribution in [1.82, 2.24) is 5.32 Å². The number of nitro groups is 1. The third-order valence-electron chi connectivity index (χ3n) is 3.88. The third-order valence-corrected chi connectivity index (χ3v) is 4.64. The van der Waals surface area contributed by atoms with Gasteiger partial charge in [-0.25, -0.2) is 0 Å². The van der Waals surface area contributed by atoms with Gasteiger partial charge < -0.3 is 10.1 Å². The highest BCUT2D eigenvalue weighted by molar-refractivity contribution is 7.98. The third kappa shape index (κ3) is 3.71. The van der Waals surface area contributed by atoms with E-state index < -0.39 is 4.92 Å². The molecule has 1 fully saturated rings. The second kappa shape index (κ2) is 7.49. The van der Waals surface area contributed by atoms with Crippen LogP contribution in [0, 0.1) is 10.1 Å². The Morgan fingerprint density at radius 2 is 2.05 bits per heavy atom. The largest absolute Gasteiger partial charge is 0.495 e. The average Bonchev–Trinajstić information content (AvgIpc) is 2.54. The van der Waals surface area contributed by atoms with Crippen molar-refractivity contribution in [3.63, 3.8) is 0 Å². The SMILES string of the molecule is COc1cc([N+](=O)[O-])c(C(=O)NC2CCCCC2)cc1SC. The van der Waals surface area contributed by atoms with E-state index in [2.05, 4.69) is 5.32 Å². The van der Waals surface area contributed by atoms with Crippen LogP contribution in [0.5, 0.6) is 5.75 Å². The van der Waals surface area contributed by atoms with Gasteiger partial charge in [0, 0.05) is 6.04 Å². The average molecular weight is 324 g/mol. The number of benzene rings is 1. The van der Waals surface area contributed by atoms with Crippen LogP contribution in [-0.4, -0.2) is 30.2 Å². The number of nitrogens with one attached hydrogen (secondary N) is 1. The van der Waals surface area contributed by atoms with Crippen molar-refractivity contribution < 1.29 is 14.5 Å². The summed E-state index contributed by atoms with van der Waals surface area (Å²) >= 11 is 1.39. The molecule has 0 saturated heterocycles. The molecule has 1 aliphatic carbocycles. The number of hydrogen-bond acceptors (Lipinski definition) is 5. The molecule has 1 aromatic carbocycles. The van der Waals surface area contributed by atoms with Crippen molar-refractivity contribution in [1.29, 1.82) is 0 Å². The molecule has 1 aromatic rings. The predicted molar refractivity (Wildman–Crippen MR) is 85.8 cm³/mol. The lowest BCUT2D eigenvalue weighted by atomic mass is 9.95. The molecule has 0 bridgehead atoms. The van der Waals surface area contributed by atoms with Gasteiger partial charge in [0.1, 0.15) is 11.3 Å². The topological polar surface area (TPSA) is 81.5 Å². The first-order valence-electron chi connectivity index (χ1n) is 7.28. The van der Waals surface area contributed by atoms with Crippen LogP contribution < -0.4 is 10.1 Å². The summed E-state index contributed by atoms with van der Waals surface area (Å²) in [5, 5.41) is 14.2. The molecule has 0 aromatic heterocycles. The maximum absolute atomic E-state index is 12.4. The summed E-state index contributed by atoms with van der Waals surface area (Å²) in [6, 6.07) is 2.97. The lowest BCUT2D eigenvalue weighted by molar-refractivity contribution is -0.385. The van der Waals surface area contributed by atoms with E-state index in [9.17, 15) is 14.9 Å². The van der Waals surface area contributed by atoms with E-state index in [-0.39, 0.29) is 23.2 Å². The van der Waals surface area contributed by atoms with Crippen LogP contribution in [0.25, 0.3) is 0 Å². The minimum Gasteiger partial charge on any atom is -0.495 e. The number of hydrogen-bond donors (Lipinski definition) is 1. The standard InChI is InChI=1S/C15H20N2O4S/c1-21-13-9-12(17(19)20)11(8-14(13)22-2)15(18)16-10-6-4-3-5-7-10/h8-10H,3-7H2,1-2H3,(H,16,18). The fourth-order valence-electron chi connectivity index (χ4n) is 2.71. The van der Waals surface area contributed by atoms with Crippen molar-refractivity contribution in [2.24, 2.45) is 0 Å². The number of carbonyl (C=O) groups excluding carboxylic acids is 1. The molecule has 1 N–H and O–H groups in total. The highest BCUT2D eigenvalue weighted by Crippen LogP contribution is 2.34. The Bertz CT molecular complexity index is 571. The fraction of sp³-hybridized carbons (Fsp3) is 0.533. The van der Waals surface area contributed by atoms with Crippen LogP contribution in [-0.2, 0) is 0 Å². The first-order chi connectivity index (χ1) is 10.6.